The fourth-order valence-corrected chi connectivity index (χ4v) is 8.86. The minimum atomic E-state index is 0.595. The normalized spacial score (nSPS) is 11.6. The van der Waals surface area contributed by atoms with Gasteiger partial charge in [0.2, 0.25) is 0 Å². The van der Waals surface area contributed by atoms with Gasteiger partial charge in [0.05, 0.1) is 45.3 Å². The van der Waals surface area contributed by atoms with Crippen LogP contribution in [-0.4, -0.2) is 9.13 Å². The third-order valence-corrected chi connectivity index (χ3v) is 10.9. The number of fused-ring (bicyclic) bond motifs is 10. The van der Waals surface area contributed by atoms with Crippen LogP contribution in [0.5, 0.6) is 0 Å². The van der Waals surface area contributed by atoms with Crippen molar-refractivity contribution in [3.8, 4) is 34.6 Å². The Hall–Kier alpha value is -6.66. The molecule has 0 amide bonds. The number of nitrogens with zero attached hydrogens (tertiary/aromatic N) is 4. The number of hydrogen-bond donors (Lipinski definition) is 0. The first-order valence-corrected chi connectivity index (χ1v) is 16.9. The van der Waals surface area contributed by atoms with E-state index in [4.69, 9.17) is 0 Å². The van der Waals surface area contributed by atoms with Crippen LogP contribution in [0, 0.1) is 22.7 Å². The second-order valence-electron chi connectivity index (χ2n) is 12.4. The van der Waals surface area contributed by atoms with Crippen molar-refractivity contribution < 1.29 is 0 Å². The van der Waals surface area contributed by atoms with E-state index in [-0.39, 0.29) is 0 Å². The van der Waals surface area contributed by atoms with Gasteiger partial charge in [-0.05, 0) is 90.0 Å². The molecule has 0 aliphatic carbocycles. The van der Waals surface area contributed by atoms with Gasteiger partial charge in [-0.15, -0.1) is 11.3 Å². The van der Waals surface area contributed by atoms with E-state index in [0.29, 0.717) is 11.1 Å². The Balaban J connectivity index is 1.16. The molecule has 0 saturated heterocycles. The van der Waals surface area contributed by atoms with Gasteiger partial charge >= 0.3 is 0 Å². The molecule has 3 heterocycles. The van der Waals surface area contributed by atoms with Gasteiger partial charge in [-0.25, -0.2) is 0 Å². The minimum Gasteiger partial charge on any atom is -0.309 e. The topological polar surface area (TPSA) is 57.4 Å². The second kappa shape index (κ2) is 10.4. The molecular formula is C44H24N4S. The Morgan fingerprint density at radius 3 is 1.63 bits per heavy atom. The van der Waals surface area contributed by atoms with Crippen LogP contribution >= 0.6 is 11.3 Å². The lowest BCUT2D eigenvalue weighted by atomic mass is 10.0. The zero-order valence-electron chi connectivity index (χ0n) is 26.1. The third-order valence-electron chi connectivity index (χ3n) is 9.75. The lowest BCUT2D eigenvalue weighted by molar-refractivity contribution is 1.17. The fourth-order valence-electron chi connectivity index (χ4n) is 7.60. The number of aromatic nitrogens is 2. The quantitative estimate of drug-likeness (QED) is 0.193. The summed E-state index contributed by atoms with van der Waals surface area (Å²) in [6.07, 6.45) is 0. The molecule has 0 spiro atoms. The lowest BCUT2D eigenvalue weighted by Gasteiger charge is -2.13. The van der Waals surface area contributed by atoms with Crippen LogP contribution in [0.15, 0.2) is 146 Å². The summed E-state index contributed by atoms with van der Waals surface area (Å²) in [6.45, 7) is 0. The van der Waals surface area contributed by atoms with Crippen molar-refractivity contribution in [2.45, 2.75) is 0 Å². The summed E-state index contributed by atoms with van der Waals surface area (Å²) in [7, 11) is 0. The molecule has 5 heteroatoms. The Morgan fingerprint density at radius 1 is 0.429 bits per heavy atom. The van der Waals surface area contributed by atoms with Crippen molar-refractivity contribution in [2.24, 2.45) is 0 Å². The first-order chi connectivity index (χ1) is 24.2. The molecule has 0 atom stereocenters. The van der Waals surface area contributed by atoms with Crippen molar-refractivity contribution in [3.05, 3.63) is 157 Å². The molecule has 10 rings (SSSR count). The van der Waals surface area contributed by atoms with Gasteiger partial charge in [-0.1, -0.05) is 66.7 Å². The van der Waals surface area contributed by atoms with E-state index >= 15 is 0 Å². The van der Waals surface area contributed by atoms with Crippen molar-refractivity contribution >= 4 is 75.1 Å². The third kappa shape index (κ3) is 4.01. The predicted octanol–water partition coefficient (Wildman–Crippen LogP) is 11.7. The summed E-state index contributed by atoms with van der Waals surface area (Å²) in [4.78, 5) is 0. The van der Waals surface area contributed by atoms with Crippen LogP contribution in [0.2, 0.25) is 0 Å². The molecule has 0 unspecified atom stereocenters. The fraction of sp³-hybridized carbons (Fsp3) is 0. The second-order valence-corrected chi connectivity index (χ2v) is 13.5. The number of para-hydroxylation sites is 1. The number of rotatable bonds is 3. The average molecular weight is 641 g/mol. The molecule has 7 aromatic carbocycles. The maximum absolute atomic E-state index is 9.63. The molecule has 0 saturated carbocycles. The van der Waals surface area contributed by atoms with Crippen molar-refractivity contribution in [1.82, 2.24) is 9.13 Å². The molecule has 0 bridgehead atoms. The van der Waals surface area contributed by atoms with Gasteiger partial charge in [-0.2, -0.15) is 10.5 Å². The molecule has 0 aliphatic rings. The van der Waals surface area contributed by atoms with E-state index < -0.39 is 0 Å². The largest absolute Gasteiger partial charge is 0.309 e. The molecule has 10 aromatic rings. The first kappa shape index (κ1) is 27.5. The molecule has 0 N–H and O–H groups in total. The van der Waals surface area contributed by atoms with E-state index in [1.165, 1.54) is 42.0 Å². The summed E-state index contributed by atoms with van der Waals surface area (Å²) in [5, 5.41) is 26.3. The number of benzene rings is 7. The molecule has 0 aliphatic heterocycles. The van der Waals surface area contributed by atoms with Gasteiger partial charge in [0, 0.05) is 53.1 Å². The Kier molecular flexibility index (Phi) is 5.84. The van der Waals surface area contributed by atoms with Crippen LogP contribution in [0.1, 0.15) is 11.1 Å². The minimum absolute atomic E-state index is 0.595. The highest BCUT2D eigenvalue weighted by atomic mass is 32.1. The maximum atomic E-state index is 9.63. The van der Waals surface area contributed by atoms with Gasteiger partial charge in [0.25, 0.3) is 0 Å². The van der Waals surface area contributed by atoms with Gasteiger partial charge in [0.1, 0.15) is 0 Å². The van der Waals surface area contributed by atoms with Crippen molar-refractivity contribution in [3.63, 3.8) is 0 Å². The van der Waals surface area contributed by atoms with Gasteiger partial charge < -0.3 is 9.13 Å². The Morgan fingerprint density at radius 2 is 0.980 bits per heavy atom. The SMILES string of the molecule is N#Cc1ccc2c(c1)c1cc(C#N)ccc1n2-c1cccc(-c2cccc(-n3c4ccccc4c4c5sc6ccccc6c5ccc43)c2)c1. The molecule has 0 radical (unpaired) electrons. The summed E-state index contributed by atoms with van der Waals surface area (Å²) < 4.78 is 7.26. The molecule has 49 heavy (non-hydrogen) atoms. The summed E-state index contributed by atoms with van der Waals surface area (Å²) in [6, 6.07) is 55.5. The molecule has 4 nitrogen and oxygen atoms in total. The van der Waals surface area contributed by atoms with E-state index in [1.807, 2.05) is 47.7 Å². The maximum Gasteiger partial charge on any atom is 0.0991 e. The monoisotopic (exact) mass is 640 g/mol. The van der Waals surface area contributed by atoms with Crippen molar-refractivity contribution in [1.29, 1.82) is 10.5 Å². The molecular weight excluding hydrogens is 617 g/mol. The van der Waals surface area contributed by atoms with Crippen LogP contribution in [0.3, 0.4) is 0 Å². The van der Waals surface area contributed by atoms with Crippen LogP contribution in [0.25, 0.3) is 86.3 Å². The molecule has 3 aromatic heterocycles. The molecule has 0 fully saturated rings. The zero-order chi connectivity index (χ0) is 32.6. The zero-order valence-corrected chi connectivity index (χ0v) is 26.9. The molecule has 226 valence electrons. The highest BCUT2D eigenvalue weighted by Gasteiger charge is 2.18. The van der Waals surface area contributed by atoms with Gasteiger partial charge in [-0.3, -0.25) is 0 Å². The van der Waals surface area contributed by atoms with Crippen LogP contribution in [0.4, 0.5) is 0 Å². The van der Waals surface area contributed by atoms with Gasteiger partial charge in [0.15, 0.2) is 0 Å². The van der Waals surface area contributed by atoms with E-state index in [1.54, 1.807) is 0 Å². The van der Waals surface area contributed by atoms with Crippen molar-refractivity contribution in [2.75, 3.05) is 0 Å². The number of thiophene rings is 1. The highest BCUT2D eigenvalue weighted by molar-refractivity contribution is 7.26. The summed E-state index contributed by atoms with van der Waals surface area (Å²) in [5.74, 6) is 0. The van der Waals surface area contributed by atoms with E-state index in [0.717, 1.165) is 44.3 Å². The summed E-state index contributed by atoms with van der Waals surface area (Å²) >= 11 is 1.87. The first-order valence-electron chi connectivity index (χ1n) is 16.1. The Labute approximate surface area is 285 Å². The standard InChI is InChI=1S/C44H24N4S/c45-25-27-15-18-39-36(21-27)37-22-28(26-46)16-19-40(37)47(39)31-9-5-7-29(23-31)30-8-6-10-32(24-30)48-38-13-3-1-12-35(38)43-41(48)20-17-34-33-11-2-4-14-42(33)49-44(34)43/h1-24H. The summed E-state index contributed by atoms with van der Waals surface area (Å²) in [5.41, 5.74) is 9.91. The number of hydrogen-bond acceptors (Lipinski definition) is 3. The Bertz CT molecular complexity index is 3010. The van der Waals surface area contributed by atoms with Crippen LogP contribution in [-0.2, 0) is 0 Å². The predicted molar refractivity (Wildman–Crippen MR) is 203 cm³/mol. The van der Waals surface area contributed by atoms with E-state index in [9.17, 15) is 10.5 Å². The van der Waals surface area contributed by atoms with E-state index in [2.05, 4.69) is 130 Å². The average Bonchev–Trinajstić information content (AvgIpc) is 3.82. The number of nitriles is 2. The smallest absolute Gasteiger partial charge is 0.0991 e. The lowest BCUT2D eigenvalue weighted by Crippen LogP contribution is -1.96. The van der Waals surface area contributed by atoms with Crippen LogP contribution < -0.4 is 0 Å². The highest BCUT2D eigenvalue weighted by Crippen LogP contribution is 2.43.